The molecule has 0 bridgehead atoms. The first kappa shape index (κ1) is 24.0. The number of ether oxygens (including phenoxy) is 2. The lowest BCUT2D eigenvalue weighted by Crippen LogP contribution is -2.53. The van der Waals surface area contributed by atoms with Crippen LogP contribution in [0.2, 0.25) is 0 Å². The SMILES string of the molecule is COCCN1C[C@H]2[C@@H](C1)N(C(=O)c1cnccn1)CC[C@H]2OC.O=C(O)C(F)(F)F. The van der Waals surface area contributed by atoms with Crippen molar-refractivity contribution in [3.8, 4) is 0 Å². The Morgan fingerprint density at radius 1 is 1.27 bits per heavy atom. The molecule has 0 saturated carbocycles. The normalized spacial score (nSPS) is 24.0. The maximum Gasteiger partial charge on any atom is 0.490 e. The lowest BCUT2D eigenvalue weighted by atomic mass is 9.89. The van der Waals surface area contributed by atoms with Gasteiger partial charge in [0.2, 0.25) is 0 Å². The smallest absolute Gasteiger partial charge is 0.475 e. The Hall–Kier alpha value is -2.31. The lowest BCUT2D eigenvalue weighted by Gasteiger charge is -2.40. The molecule has 2 saturated heterocycles. The zero-order valence-corrected chi connectivity index (χ0v) is 16.7. The number of amides is 1. The summed E-state index contributed by atoms with van der Waals surface area (Å²) in [6, 6.07) is 0.167. The Balaban J connectivity index is 0.000000396. The minimum Gasteiger partial charge on any atom is -0.475 e. The van der Waals surface area contributed by atoms with Crippen molar-refractivity contribution in [1.29, 1.82) is 0 Å². The van der Waals surface area contributed by atoms with Crippen molar-refractivity contribution in [1.82, 2.24) is 19.8 Å². The molecular formula is C18H25F3N4O5. The number of hydrogen-bond acceptors (Lipinski definition) is 7. The number of halogens is 3. The molecule has 30 heavy (non-hydrogen) atoms. The Kier molecular flexibility index (Phi) is 8.50. The number of carbonyl (C=O) groups is 2. The molecule has 3 atom stereocenters. The van der Waals surface area contributed by atoms with E-state index in [1.54, 1.807) is 26.6 Å². The van der Waals surface area contributed by atoms with Gasteiger partial charge in [-0.1, -0.05) is 0 Å². The van der Waals surface area contributed by atoms with E-state index in [4.69, 9.17) is 19.4 Å². The fraction of sp³-hybridized carbons (Fsp3) is 0.667. The zero-order chi connectivity index (χ0) is 22.3. The van der Waals surface area contributed by atoms with Crippen molar-refractivity contribution in [2.45, 2.75) is 24.7 Å². The Morgan fingerprint density at radius 3 is 2.50 bits per heavy atom. The number of carboxylic acid groups (broad SMARTS) is 1. The minimum absolute atomic E-state index is 0.0313. The van der Waals surface area contributed by atoms with Gasteiger partial charge in [0.15, 0.2) is 0 Å². The van der Waals surface area contributed by atoms with Gasteiger partial charge in [-0.3, -0.25) is 14.7 Å². The average molecular weight is 434 g/mol. The van der Waals surface area contributed by atoms with Crippen LogP contribution in [-0.2, 0) is 14.3 Å². The topological polar surface area (TPSA) is 105 Å². The van der Waals surface area contributed by atoms with Crippen LogP contribution >= 0.6 is 0 Å². The van der Waals surface area contributed by atoms with Crippen LogP contribution in [0.15, 0.2) is 18.6 Å². The number of piperidine rings is 1. The van der Waals surface area contributed by atoms with Crippen LogP contribution in [-0.4, -0.2) is 102 Å². The van der Waals surface area contributed by atoms with Gasteiger partial charge in [-0.05, 0) is 6.42 Å². The number of nitrogens with zero attached hydrogens (tertiary/aromatic N) is 4. The maximum atomic E-state index is 12.8. The number of carboxylic acids is 1. The number of hydrogen-bond donors (Lipinski definition) is 1. The van der Waals surface area contributed by atoms with Crippen molar-refractivity contribution in [2.75, 3.05) is 47.0 Å². The van der Waals surface area contributed by atoms with Gasteiger partial charge in [-0.15, -0.1) is 0 Å². The van der Waals surface area contributed by atoms with Gasteiger partial charge < -0.3 is 19.5 Å². The third-order valence-electron chi connectivity index (χ3n) is 5.14. The molecule has 0 aliphatic carbocycles. The predicted molar refractivity (Wildman–Crippen MR) is 97.8 cm³/mol. The highest BCUT2D eigenvalue weighted by Crippen LogP contribution is 2.33. The van der Waals surface area contributed by atoms with Crippen molar-refractivity contribution in [3.63, 3.8) is 0 Å². The number of methoxy groups -OCH3 is 2. The second kappa shape index (κ2) is 10.6. The van der Waals surface area contributed by atoms with Crippen LogP contribution in [0.25, 0.3) is 0 Å². The molecule has 3 heterocycles. The van der Waals surface area contributed by atoms with E-state index in [0.717, 1.165) is 26.1 Å². The van der Waals surface area contributed by atoms with Crippen molar-refractivity contribution < 1.29 is 37.3 Å². The van der Waals surface area contributed by atoms with Crippen LogP contribution < -0.4 is 0 Å². The lowest BCUT2D eigenvalue weighted by molar-refractivity contribution is -0.192. The fourth-order valence-electron chi connectivity index (χ4n) is 3.74. The second-order valence-corrected chi connectivity index (χ2v) is 6.94. The number of aromatic nitrogens is 2. The summed E-state index contributed by atoms with van der Waals surface area (Å²) in [5.74, 6) is -2.45. The molecule has 0 aromatic carbocycles. The summed E-state index contributed by atoms with van der Waals surface area (Å²) >= 11 is 0. The molecule has 1 aromatic heterocycles. The fourth-order valence-corrected chi connectivity index (χ4v) is 3.74. The van der Waals surface area contributed by atoms with E-state index in [-0.39, 0.29) is 18.1 Å². The van der Waals surface area contributed by atoms with Crippen molar-refractivity contribution >= 4 is 11.9 Å². The summed E-state index contributed by atoms with van der Waals surface area (Å²) < 4.78 is 42.6. The van der Waals surface area contributed by atoms with Gasteiger partial charge in [0.25, 0.3) is 5.91 Å². The summed E-state index contributed by atoms with van der Waals surface area (Å²) in [6.07, 6.45) is 0.669. The highest BCUT2D eigenvalue weighted by Gasteiger charge is 2.46. The first-order valence-corrected chi connectivity index (χ1v) is 9.30. The molecule has 1 N–H and O–H groups in total. The zero-order valence-electron chi connectivity index (χ0n) is 16.7. The van der Waals surface area contributed by atoms with Gasteiger partial charge in [-0.2, -0.15) is 13.2 Å². The maximum absolute atomic E-state index is 12.8. The summed E-state index contributed by atoms with van der Waals surface area (Å²) in [7, 11) is 3.48. The number of fused-ring (bicyclic) bond motifs is 1. The first-order chi connectivity index (χ1) is 14.2. The Morgan fingerprint density at radius 2 is 1.97 bits per heavy atom. The highest BCUT2D eigenvalue weighted by molar-refractivity contribution is 5.92. The summed E-state index contributed by atoms with van der Waals surface area (Å²) in [5, 5.41) is 7.12. The molecule has 2 aliphatic heterocycles. The van der Waals surface area contributed by atoms with Crippen molar-refractivity contribution in [3.05, 3.63) is 24.3 Å². The molecule has 1 amide bonds. The quantitative estimate of drug-likeness (QED) is 0.730. The number of rotatable bonds is 5. The number of aliphatic carboxylic acids is 1. The molecular weight excluding hydrogens is 409 g/mol. The third kappa shape index (κ3) is 6.09. The summed E-state index contributed by atoms with van der Waals surface area (Å²) in [6.45, 7) is 4.09. The molecule has 9 nitrogen and oxygen atoms in total. The number of alkyl halides is 3. The summed E-state index contributed by atoms with van der Waals surface area (Å²) in [5.41, 5.74) is 0.414. The van der Waals surface area contributed by atoms with E-state index in [9.17, 15) is 18.0 Å². The van der Waals surface area contributed by atoms with E-state index < -0.39 is 12.1 Å². The molecule has 3 rings (SSSR count). The molecule has 12 heteroatoms. The average Bonchev–Trinajstić information content (AvgIpc) is 3.15. The molecule has 0 spiro atoms. The molecule has 2 aliphatic rings. The monoisotopic (exact) mass is 434 g/mol. The van der Waals surface area contributed by atoms with Crippen LogP contribution in [0.3, 0.4) is 0 Å². The predicted octanol–water partition coefficient (Wildman–Crippen LogP) is 0.918. The van der Waals surface area contributed by atoms with Gasteiger partial charge in [0, 0.05) is 58.7 Å². The van der Waals surface area contributed by atoms with Gasteiger partial charge >= 0.3 is 12.1 Å². The van der Waals surface area contributed by atoms with E-state index in [0.29, 0.717) is 24.8 Å². The third-order valence-corrected chi connectivity index (χ3v) is 5.14. The van der Waals surface area contributed by atoms with Crippen LogP contribution in [0.4, 0.5) is 13.2 Å². The van der Waals surface area contributed by atoms with E-state index >= 15 is 0 Å². The van der Waals surface area contributed by atoms with E-state index in [1.165, 1.54) is 6.20 Å². The second-order valence-electron chi connectivity index (χ2n) is 6.94. The molecule has 1 aromatic rings. The van der Waals surface area contributed by atoms with Gasteiger partial charge in [0.05, 0.1) is 24.9 Å². The van der Waals surface area contributed by atoms with Crippen LogP contribution in [0.5, 0.6) is 0 Å². The van der Waals surface area contributed by atoms with E-state index in [2.05, 4.69) is 14.9 Å². The van der Waals surface area contributed by atoms with Crippen LogP contribution in [0, 0.1) is 5.92 Å². The highest BCUT2D eigenvalue weighted by atomic mass is 19.4. The number of carbonyl (C=O) groups excluding carboxylic acids is 1. The minimum atomic E-state index is -5.08. The van der Waals surface area contributed by atoms with Crippen molar-refractivity contribution in [2.24, 2.45) is 5.92 Å². The molecule has 168 valence electrons. The Bertz CT molecular complexity index is 707. The molecule has 2 fully saturated rings. The molecule has 0 unspecified atom stereocenters. The summed E-state index contributed by atoms with van der Waals surface area (Å²) in [4.78, 5) is 34.2. The largest absolute Gasteiger partial charge is 0.490 e. The first-order valence-electron chi connectivity index (χ1n) is 9.30. The van der Waals surface area contributed by atoms with Gasteiger partial charge in [0.1, 0.15) is 5.69 Å². The van der Waals surface area contributed by atoms with Gasteiger partial charge in [-0.25, -0.2) is 9.78 Å². The Labute approximate surface area is 171 Å². The van der Waals surface area contributed by atoms with Crippen LogP contribution in [0.1, 0.15) is 16.9 Å². The van der Waals surface area contributed by atoms with E-state index in [1.807, 2.05) is 4.90 Å². The standard InChI is InChI=1S/C16H24N4O3.C2HF3O2/c1-22-8-7-19-10-12-14(11-19)20(6-3-15(12)23-2)16(21)13-9-17-4-5-18-13;3-2(4,5)1(6)7/h4-5,9,12,14-15H,3,6-8,10-11H2,1-2H3;(H,6,7)/t12-,14+,15+;/m0./s1. The molecule has 0 radical (unpaired) electrons. The number of likely N-dealkylation sites (tertiary alicyclic amines) is 2.